The molecule has 1 aromatic carbocycles. The lowest BCUT2D eigenvalue weighted by Crippen LogP contribution is -2.44. The van der Waals surface area contributed by atoms with E-state index >= 15 is 0 Å². The van der Waals surface area contributed by atoms with Gasteiger partial charge in [-0.25, -0.2) is 4.98 Å². The van der Waals surface area contributed by atoms with E-state index in [0.29, 0.717) is 11.8 Å². The van der Waals surface area contributed by atoms with Crippen LogP contribution in [0.15, 0.2) is 23.6 Å². The number of halogens is 2. The molecule has 0 radical (unpaired) electrons. The predicted octanol–water partition coefficient (Wildman–Crippen LogP) is 3.53. The summed E-state index contributed by atoms with van der Waals surface area (Å²) in [5.41, 5.74) is 2.28. The molecule has 1 amide bonds. The van der Waals surface area contributed by atoms with E-state index in [0.717, 1.165) is 66.8 Å². The minimum atomic E-state index is 0. The highest BCUT2D eigenvalue weighted by Gasteiger charge is 2.38. The number of aromatic nitrogens is 1. The summed E-state index contributed by atoms with van der Waals surface area (Å²) in [6.45, 7) is 4.25. The molecule has 2 aromatic rings. The summed E-state index contributed by atoms with van der Waals surface area (Å²) in [5.74, 6) is 1.72. The lowest BCUT2D eigenvalue weighted by Gasteiger charge is -2.38. The maximum atomic E-state index is 12.7. The molecule has 5 rings (SSSR count). The summed E-state index contributed by atoms with van der Waals surface area (Å²) in [5, 5.41) is 6.37. The number of nitrogens with zero attached hydrogens (tertiary/aromatic N) is 2. The van der Waals surface area contributed by atoms with Gasteiger partial charge in [-0.15, -0.1) is 36.2 Å². The number of amides is 1. The van der Waals surface area contributed by atoms with E-state index < -0.39 is 0 Å². The first kappa shape index (κ1) is 22.2. The number of carbonyl (C=O) groups is 1. The lowest BCUT2D eigenvalue weighted by atomic mass is 9.78. The van der Waals surface area contributed by atoms with Crippen molar-refractivity contribution < 1.29 is 14.3 Å². The second-order valence-corrected chi connectivity index (χ2v) is 8.55. The fourth-order valence-corrected chi connectivity index (χ4v) is 5.09. The molecule has 0 atom stereocenters. The number of likely N-dealkylation sites (tertiary alicyclic amines) is 1. The van der Waals surface area contributed by atoms with Crippen molar-refractivity contribution in [3.63, 3.8) is 0 Å². The van der Waals surface area contributed by atoms with Gasteiger partial charge in [0.1, 0.15) is 5.01 Å². The Balaban J connectivity index is 0.00000120. The topological polar surface area (TPSA) is 63.7 Å². The molecule has 0 aliphatic carbocycles. The molecule has 0 bridgehead atoms. The Morgan fingerprint density at radius 1 is 1.17 bits per heavy atom. The van der Waals surface area contributed by atoms with E-state index in [-0.39, 0.29) is 37.5 Å². The zero-order chi connectivity index (χ0) is 18.3. The molecule has 0 unspecified atom stereocenters. The van der Waals surface area contributed by atoms with Crippen LogP contribution in [0, 0.1) is 5.41 Å². The summed E-state index contributed by atoms with van der Waals surface area (Å²) in [6.07, 6.45) is 3.86. The molecule has 1 N–H and O–H groups in total. The quantitative estimate of drug-likeness (QED) is 0.763. The lowest BCUT2D eigenvalue weighted by molar-refractivity contribution is -0.132. The standard InChI is InChI=1S/C20H23N3O3S.2ClH/c24-18(23-7-4-20(5-8-23)3-6-21-12-20)10-15-11-27-19(22-15)14-1-2-16-17(9-14)26-13-25-16;;/h1-2,9,11,21H,3-8,10,12-13H2;2*1H. The van der Waals surface area contributed by atoms with Gasteiger partial charge in [0.15, 0.2) is 11.5 Å². The first-order valence-corrected chi connectivity index (χ1v) is 10.4. The van der Waals surface area contributed by atoms with Crippen LogP contribution in [-0.2, 0) is 11.2 Å². The van der Waals surface area contributed by atoms with Crippen LogP contribution < -0.4 is 14.8 Å². The number of ether oxygens (including phenoxy) is 2. The van der Waals surface area contributed by atoms with Crippen molar-refractivity contribution >= 4 is 42.1 Å². The molecule has 1 spiro atoms. The van der Waals surface area contributed by atoms with Gasteiger partial charge in [0.25, 0.3) is 0 Å². The molecule has 6 nitrogen and oxygen atoms in total. The maximum Gasteiger partial charge on any atom is 0.231 e. The Labute approximate surface area is 186 Å². The average molecular weight is 458 g/mol. The number of benzene rings is 1. The minimum absolute atomic E-state index is 0. The Morgan fingerprint density at radius 2 is 1.97 bits per heavy atom. The molecule has 0 saturated carbocycles. The summed E-state index contributed by atoms with van der Waals surface area (Å²) >= 11 is 1.57. The van der Waals surface area contributed by atoms with E-state index in [2.05, 4.69) is 10.3 Å². The first-order valence-electron chi connectivity index (χ1n) is 9.54. The summed E-state index contributed by atoms with van der Waals surface area (Å²) < 4.78 is 10.8. The molecular weight excluding hydrogens is 433 g/mol. The Morgan fingerprint density at radius 3 is 2.72 bits per heavy atom. The fraction of sp³-hybridized carbons (Fsp3) is 0.500. The molecule has 9 heteroatoms. The van der Waals surface area contributed by atoms with Crippen LogP contribution in [0.3, 0.4) is 0 Å². The highest BCUT2D eigenvalue weighted by Crippen LogP contribution is 2.38. The van der Waals surface area contributed by atoms with Crippen molar-refractivity contribution in [1.82, 2.24) is 15.2 Å². The predicted molar refractivity (Wildman–Crippen MR) is 118 cm³/mol. The van der Waals surface area contributed by atoms with Crippen LogP contribution in [0.5, 0.6) is 11.5 Å². The minimum Gasteiger partial charge on any atom is -0.454 e. The number of fused-ring (bicyclic) bond motifs is 1. The van der Waals surface area contributed by atoms with Crippen LogP contribution >= 0.6 is 36.2 Å². The second-order valence-electron chi connectivity index (χ2n) is 7.70. The number of rotatable bonds is 3. The van der Waals surface area contributed by atoms with Crippen molar-refractivity contribution in [1.29, 1.82) is 0 Å². The Hall–Kier alpha value is -1.54. The molecule has 1 aromatic heterocycles. The zero-order valence-corrected chi connectivity index (χ0v) is 18.5. The van der Waals surface area contributed by atoms with Crippen molar-refractivity contribution in [3.05, 3.63) is 29.3 Å². The van der Waals surface area contributed by atoms with Crippen LogP contribution in [0.2, 0.25) is 0 Å². The zero-order valence-electron chi connectivity index (χ0n) is 16.0. The van der Waals surface area contributed by atoms with Crippen molar-refractivity contribution in [2.45, 2.75) is 25.7 Å². The van der Waals surface area contributed by atoms with Crippen molar-refractivity contribution in [2.24, 2.45) is 5.41 Å². The third kappa shape index (κ3) is 4.48. The number of carbonyl (C=O) groups excluding carboxylic acids is 1. The molecule has 2 saturated heterocycles. The number of hydrogen-bond acceptors (Lipinski definition) is 6. The molecule has 4 heterocycles. The summed E-state index contributed by atoms with van der Waals surface area (Å²) in [7, 11) is 0. The number of nitrogens with one attached hydrogen (secondary N) is 1. The van der Waals surface area contributed by atoms with Gasteiger partial charge in [0.2, 0.25) is 12.7 Å². The maximum absolute atomic E-state index is 12.7. The molecule has 158 valence electrons. The van der Waals surface area contributed by atoms with Crippen LogP contribution in [0.4, 0.5) is 0 Å². The highest BCUT2D eigenvalue weighted by atomic mass is 35.5. The number of thiazole rings is 1. The summed E-state index contributed by atoms with van der Waals surface area (Å²) in [4.78, 5) is 19.4. The Kier molecular flexibility index (Phi) is 6.94. The van der Waals surface area contributed by atoms with Gasteiger partial charge in [-0.05, 0) is 49.4 Å². The largest absolute Gasteiger partial charge is 0.454 e. The van der Waals surface area contributed by atoms with Gasteiger partial charge in [0.05, 0.1) is 12.1 Å². The molecule has 3 aliphatic heterocycles. The monoisotopic (exact) mass is 457 g/mol. The molecule has 29 heavy (non-hydrogen) atoms. The molecular formula is C20H25Cl2N3O3S. The second kappa shape index (κ2) is 9.08. The van der Waals surface area contributed by atoms with E-state index in [4.69, 9.17) is 9.47 Å². The average Bonchev–Trinajstić information content (AvgIpc) is 3.42. The SMILES string of the molecule is Cl.Cl.O=C(Cc1csc(-c2ccc3c(c2)OCO3)n1)N1CCC2(CCNC2)CC1. The fourth-order valence-electron chi connectivity index (χ4n) is 4.27. The van der Waals surface area contributed by atoms with Crippen LogP contribution in [0.1, 0.15) is 25.0 Å². The van der Waals surface area contributed by atoms with Crippen molar-refractivity contribution in [2.75, 3.05) is 33.0 Å². The van der Waals surface area contributed by atoms with E-state index in [1.165, 1.54) is 6.42 Å². The normalized spacial score (nSPS) is 19.0. The van der Waals surface area contributed by atoms with E-state index in [1.807, 2.05) is 28.5 Å². The smallest absolute Gasteiger partial charge is 0.231 e. The van der Waals surface area contributed by atoms with Gasteiger partial charge in [-0.2, -0.15) is 0 Å². The Bertz CT molecular complexity index is 860. The first-order chi connectivity index (χ1) is 13.2. The third-order valence-electron chi connectivity index (χ3n) is 6.01. The van der Waals surface area contributed by atoms with Gasteiger partial charge in [-0.1, -0.05) is 0 Å². The van der Waals surface area contributed by atoms with Gasteiger partial charge >= 0.3 is 0 Å². The van der Waals surface area contributed by atoms with E-state index in [9.17, 15) is 4.79 Å². The van der Waals surface area contributed by atoms with Gasteiger partial charge in [0, 0.05) is 30.6 Å². The van der Waals surface area contributed by atoms with Crippen LogP contribution in [-0.4, -0.2) is 48.8 Å². The molecule has 2 fully saturated rings. The van der Waals surface area contributed by atoms with Gasteiger partial charge in [-0.3, -0.25) is 4.79 Å². The van der Waals surface area contributed by atoms with Gasteiger partial charge < -0.3 is 19.7 Å². The van der Waals surface area contributed by atoms with E-state index in [1.54, 1.807) is 11.3 Å². The summed E-state index contributed by atoms with van der Waals surface area (Å²) in [6, 6.07) is 5.84. The number of piperidine rings is 1. The van der Waals surface area contributed by atoms with Crippen molar-refractivity contribution in [3.8, 4) is 22.1 Å². The molecule has 3 aliphatic rings. The third-order valence-corrected chi connectivity index (χ3v) is 6.95. The number of hydrogen-bond donors (Lipinski definition) is 1. The van der Waals surface area contributed by atoms with Crippen LogP contribution in [0.25, 0.3) is 10.6 Å². The highest BCUT2D eigenvalue weighted by molar-refractivity contribution is 7.13.